The summed E-state index contributed by atoms with van der Waals surface area (Å²) in [5, 5.41) is 3.34. The summed E-state index contributed by atoms with van der Waals surface area (Å²) < 4.78 is 50.6. The van der Waals surface area contributed by atoms with Crippen LogP contribution in [0.15, 0.2) is 35.2 Å². The van der Waals surface area contributed by atoms with Gasteiger partial charge in [0.1, 0.15) is 11.8 Å². The number of halogens is 3. The van der Waals surface area contributed by atoms with Crippen LogP contribution < -0.4 is 9.47 Å². The highest BCUT2D eigenvalue weighted by Crippen LogP contribution is 2.43. The fourth-order valence-corrected chi connectivity index (χ4v) is 1.95. The standard InChI is InChI=1S/C14H10F3NO4/c15-14(16,17)22-11-4-3-9(8-1-2-8)5-12(11)21-13(19)10-6-18-20-7-10/h3-8H,1-2H2. The van der Waals surface area contributed by atoms with Gasteiger partial charge in [-0.3, -0.25) is 0 Å². The molecule has 22 heavy (non-hydrogen) atoms. The highest BCUT2D eigenvalue weighted by atomic mass is 19.4. The summed E-state index contributed by atoms with van der Waals surface area (Å²) in [6.45, 7) is 0. The van der Waals surface area contributed by atoms with Gasteiger partial charge in [-0.15, -0.1) is 13.2 Å². The second-order valence-electron chi connectivity index (χ2n) is 4.83. The average molecular weight is 313 g/mol. The van der Waals surface area contributed by atoms with Gasteiger partial charge in [-0.2, -0.15) is 0 Å². The Morgan fingerprint density at radius 3 is 2.64 bits per heavy atom. The number of alkyl halides is 3. The Kier molecular flexibility index (Phi) is 3.51. The summed E-state index contributed by atoms with van der Waals surface area (Å²) >= 11 is 0. The lowest BCUT2D eigenvalue weighted by molar-refractivity contribution is -0.275. The number of aromatic nitrogens is 1. The van der Waals surface area contributed by atoms with E-state index in [0.717, 1.165) is 36.9 Å². The Morgan fingerprint density at radius 2 is 2.05 bits per heavy atom. The van der Waals surface area contributed by atoms with E-state index < -0.39 is 18.1 Å². The Balaban J connectivity index is 1.88. The molecule has 3 rings (SSSR count). The quantitative estimate of drug-likeness (QED) is 0.636. The van der Waals surface area contributed by atoms with Crippen LogP contribution >= 0.6 is 0 Å². The zero-order valence-corrected chi connectivity index (χ0v) is 11.1. The van der Waals surface area contributed by atoms with Crippen molar-refractivity contribution in [1.82, 2.24) is 5.16 Å². The zero-order valence-electron chi connectivity index (χ0n) is 11.1. The van der Waals surface area contributed by atoms with Gasteiger partial charge in [0.25, 0.3) is 0 Å². The van der Waals surface area contributed by atoms with Crippen molar-refractivity contribution in [3.8, 4) is 11.5 Å². The summed E-state index contributed by atoms with van der Waals surface area (Å²) in [5.74, 6) is -1.44. The smallest absolute Gasteiger partial charge is 0.419 e. The van der Waals surface area contributed by atoms with Crippen LogP contribution in [0.25, 0.3) is 0 Å². The maximum atomic E-state index is 12.4. The summed E-state index contributed by atoms with van der Waals surface area (Å²) in [6, 6.07) is 4.08. The molecule has 5 nitrogen and oxygen atoms in total. The van der Waals surface area contributed by atoms with E-state index in [1.165, 1.54) is 12.1 Å². The molecule has 1 aliphatic rings. The predicted octanol–water partition coefficient (Wildman–Crippen LogP) is 3.67. The molecule has 0 aliphatic heterocycles. The monoisotopic (exact) mass is 313 g/mol. The second kappa shape index (κ2) is 5.36. The van der Waals surface area contributed by atoms with Crippen LogP contribution in [0.2, 0.25) is 0 Å². The predicted molar refractivity (Wildman–Crippen MR) is 66.6 cm³/mol. The van der Waals surface area contributed by atoms with Crippen molar-refractivity contribution in [1.29, 1.82) is 0 Å². The molecule has 0 N–H and O–H groups in total. The van der Waals surface area contributed by atoms with Gasteiger partial charge in [0.15, 0.2) is 11.5 Å². The molecule has 1 aromatic carbocycles. The molecule has 0 spiro atoms. The normalized spacial score (nSPS) is 14.7. The molecule has 8 heteroatoms. The van der Waals surface area contributed by atoms with Gasteiger partial charge < -0.3 is 14.0 Å². The Bertz CT molecular complexity index is 678. The Labute approximate surface area is 122 Å². The molecule has 1 heterocycles. The summed E-state index contributed by atoms with van der Waals surface area (Å²) in [6.07, 6.45) is -0.814. The van der Waals surface area contributed by atoms with Crippen LogP contribution in [0.5, 0.6) is 11.5 Å². The van der Waals surface area contributed by atoms with Gasteiger partial charge in [0.2, 0.25) is 0 Å². The van der Waals surface area contributed by atoms with Gasteiger partial charge >= 0.3 is 12.3 Å². The van der Waals surface area contributed by atoms with E-state index in [2.05, 4.69) is 14.4 Å². The Morgan fingerprint density at radius 1 is 1.27 bits per heavy atom. The van der Waals surface area contributed by atoms with E-state index in [0.29, 0.717) is 0 Å². The third-order valence-corrected chi connectivity index (χ3v) is 3.11. The van der Waals surface area contributed by atoms with Gasteiger partial charge in [0, 0.05) is 0 Å². The van der Waals surface area contributed by atoms with Crippen molar-refractivity contribution in [3.05, 3.63) is 41.8 Å². The third-order valence-electron chi connectivity index (χ3n) is 3.11. The molecule has 0 saturated heterocycles. The molecule has 1 saturated carbocycles. The Hall–Kier alpha value is -2.51. The van der Waals surface area contributed by atoms with Crippen molar-refractivity contribution in [2.45, 2.75) is 25.1 Å². The summed E-state index contributed by atoms with van der Waals surface area (Å²) in [5.41, 5.74) is 0.803. The topological polar surface area (TPSA) is 61.6 Å². The third kappa shape index (κ3) is 3.38. The molecular formula is C14H10F3NO4. The number of hydrogen-bond acceptors (Lipinski definition) is 5. The molecule has 0 radical (unpaired) electrons. The summed E-state index contributed by atoms with van der Waals surface area (Å²) in [4.78, 5) is 11.8. The number of benzene rings is 1. The SMILES string of the molecule is O=C(Oc1cc(C2CC2)ccc1OC(F)(F)F)c1cnoc1. The number of carbonyl (C=O) groups is 1. The first-order valence-electron chi connectivity index (χ1n) is 6.43. The number of hydrogen-bond donors (Lipinski definition) is 0. The molecule has 1 aromatic heterocycles. The minimum absolute atomic E-state index is 0.00483. The van der Waals surface area contributed by atoms with Crippen molar-refractivity contribution < 1.29 is 32.0 Å². The van der Waals surface area contributed by atoms with Crippen molar-refractivity contribution in [2.75, 3.05) is 0 Å². The molecule has 0 atom stereocenters. The van der Waals surface area contributed by atoms with Crippen LogP contribution in [0.3, 0.4) is 0 Å². The van der Waals surface area contributed by atoms with Crippen LogP contribution in [0.4, 0.5) is 13.2 Å². The van der Waals surface area contributed by atoms with E-state index in [-0.39, 0.29) is 17.2 Å². The van der Waals surface area contributed by atoms with E-state index in [9.17, 15) is 18.0 Å². The van der Waals surface area contributed by atoms with E-state index in [4.69, 9.17) is 4.74 Å². The average Bonchev–Trinajstić information content (AvgIpc) is 3.13. The van der Waals surface area contributed by atoms with Crippen LogP contribution in [0.1, 0.15) is 34.7 Å². The van der Waals surface area contributed by atoms with Gasteiger partial charge in [0.05, 0.1) is 6.20 Å². The minimum atomic E-state index is -4.88. The first-order chi connectivity index (χ1) is 10.4. The van der Waals surface area contributed by atoms with Crippen LogP contribution in [0, 0.1) is 0 Å². The molecule has 2 aromatic rings. The second-order valence-corrected chi connectivity index (χ2v) is 4.83. The highest BCUT2D eigenvalue weighted by Gasteiger charge is 2.34. The molecular weight excluding hydrogens is 303 g/mol. The fraction of sp³-hybridized carbons (Fsp3) is 0.286. The van der Waals surface area contributed by atoms with E-state index in [1.807, 2.05) is 0 Å². The van der Waals surface area contributed by atoms with Crippen LogP contribution in [-0.4, -0.2) is 17.5 Å². The van der Waals surface area contributed by atoms with Gasteiger partial charge in [-0.25, -0.2) is 4.79 Å². The number of carbonyl (C=O) groups excluding carboxylic acids is 1. The van der Waals surface area contributed by atoms with Crippen molar-refractivity contribution >= 4 is 5.97 Å². The molecule has 116 valence electrons. The molecule has 1 aliphatic carbocycles. The van der Waals surface area contributed by atoms with Crippen LogP contribution in [-0.2, 0) is 0 Å². The zero-order chi connectivity index (χ0) is 15.7. The maximum Gasteiger partial charge on any atom is 0.573 e. The lowest BCUT2D eigenvalue weighted by Gasteiger charge is -2.14. The highest BCUT2D eigenvalue weighted by molar-refractivity contribution is 5.90. The van der Waals surface area contributed by atoms with E-state index >= 15 is 0 Å². The first kappa shape index (κ1) is 14.4. The number of rotatable bonds is 4. The summed E-state index contributed by atoms with van der Waals surface area (Å²) in [7, 11) is 0. The number of nitrogens with zero attached hydrogens (tertiary/aromatic N) is 1. The fourth-order valence-electron chi connectivity index (χ4n) is 1.95. The molecule has 0 unspecified atom stereocenters. The lowest BCUT2D eigenvalue weighted by Crippen LogP contribution is -2.18. The van der Waals surface area contributed by atoms with E-state index in [1.54, 1.807) is 0 Å². The largest absolute Gasteiger partial charge is 0.573 e. The van der Waals surface area contributed by atoms with Crippen molar-refractivity contribution in [2.24, 2.45) is 0 Å². The number of esters is 1. The van der Waals surface area contributed by atoms with Gasteiger partial charge in [-0.05, 0) is 36.5 Å². The molecule has 0 amide bonds. The first-order valence-corrected chi connectivity index (χ1v) is 6.43. The number of ether oxygens (including phenoxy) is 2. The maximum absolute atomic E-state index is 12.4. The minimum Gasteiger partial charge on any atom is -0.419 e. The van der Waals surface area contributed by atoms with Gasteiger partial charge in [-0.1, -0.05) is 11.2 Å². The molecule has 0 bridgehead atoms. The lowest BCUT2D eigenvalue weighted by atomic mass is 10.1. The van der Waals surface area contributed by atoms with Crippen molar-refractivity contribution in [3.63, 3.8) is 0 Å². The molecule has 1 fully saturated rings.